The predicted molar refractivity (Wildman–Crippen MR) is 163 cm³/mol. The first kappa shape index (κ1) is 34.2. The van der Waals surface area contributed by atoms with Crippen LogP contribution in [0.1, 0.15) is 41.6 Å². The number of carboxylic acid groups (broad SMARTS) is 2. The van der Waals surface area contributed by atoms with Crippen molar-refractivity contribution in [3.05, 3.63) is 81.1 Å². The summed E-state index contributed by atoms with van der Waals surface area (Å²) in [4.78, 5) is 62.8. The summed E-state index contributed by atoms with van der Waals surface area (Å²) >= 11 is 5.92. The summed E-state index contributed by atoms with van der Waals surface area (Å²) in [6.07, 6.45) is 1.13. The number of carbonyl (C=O) groups excluding carboxylic acids is 2. The van der Waals surface area contributed by atoms with Gasteiger partial charge in [0.25, 0.3) is 5.91 Å². The Hall–Kier alpha value is -4.26. The second-order valence-corrected chi connectivity index (χ2v) is 10.5. The highest BCUT2D eigenvalue weighted by Crippen LogP contribution is 2.17. The van der Waals surface area contributed by atoms with Crippen molar-refractivity contribution in [2.24, 2.45) is 0 Å². The number of morpholine rings is 1. The number of benzene rings is 2. The lowest BCUT2D eigenvalue weighted by atomic mass is 10.0. The van der Waals surface area contributed by atoms with Crippen LogP contribution in [0.3, 0.4) is 0 Å². The van der Waals surface area contributed by atoms with Gasteiger partial charge in [0.1, 0.15) is 12.6 Å². The molecule has 1 aromatic heterocycles. The van der Waals surface area contributed by atoms with Gasteiger partial charge in [0.05, 0.1) is 13.2 Å². The van der Waals surface area contributed by atoms with E-state index in [4.69, 9.17) is 31.3 Å². The number of hydrogen-bond donors (Lipinski definition) is 4. The molecule has 2 aromatic carbocycles. The number of nitrogens with zero attached hydrogens (tertiary/aromatic N) is 1. The molecule has 0 bridgehead atoms. The van der Waals surface area contributed by atoms with Crippen molar-refractivity contribution < 1.29 is 38.9 Å². The number of rotatable bonds is 13. The number of pyridine rings is 1. The van der Waals surface area contributed by atoms with Crippen molar-refractivity contribution in [1.82, 2.24) is 15.2 Å². The van der Waals surface area contributed by atoms with Gasteiger partial charge in [-0.25, -0.2) is 4.79 Å². The number of amides is 1. The minimum Gasteiger partial charge on any atom is -0.481 e. The maximum absolute atomic E-state index is 13.0. The molecule has 1 atom stereocenters. The Morgan fingerprint density at radius 3 is 2.25 bits per heavy atom. The number of fused-ring (bicyclic) bond motifs is 1. The van der Waals surface area contributed by atoms with Crippen LogP contribution in [0.4, 0.5) is 0 Å². The molecule has 1 aliphatic rings. The summed E-state index contributed by atoms with van der Waals surface area (Å²) in [5.41, 5.74) is 1.39. The summed E-state index contributed by atoms with van der Waals surface area (Å²) in [5, 5.41) is 20.3. The zero-order chi connectivity index (χ0) is 31.9. The summed E-state index contributed by atoms with van der Waals surface area (Å²) in [6.45, 7) is 3.66. The average molecular weight is 630 g/mol. The Morgan fingerprint density at radius 1 is 0.977 bits per heavy atom. The Labute approximate surface area is 258 Å². The highest BCUT2D eigenvalue weighted by molar-refractivity contribution is 6.30. The number of halogens is 1. The van der Waals surface area contributed by atoms with Crippen LogP contribution in [-0.2, 0) is 30.3 Å². The molecule has 1 fully saturated rings. The number of hydrogen-bond acceptors (Lipinski definition) is 8. The van der Waals surface area contributed by atoms with Gasteiger partial charge in [-0.2, -0.15) is 0 Å². The number of ether oxygens (including phenoxy) is 2. The molecule has 0 radical (unpaired) electrons. The van der Waals surface area contributed by atoms with Gasteiger partial charge in [-0.3, -0.25) is 24.1 Å². The monoisotopic (exact) mass is 629 g/mol. The van der Waals surface area contributed by atoms with Crippen LogP contribution in [0.15, 0.2) is 59.4 Å². The van der Waals surface area contributed by atoms with E-state index in [0.717, 1.165) is 18.5 Å². The number of aromatic amines is 1. The van der Waals surface area contributed by atoms with Crippen molar-refractivity contribution in [1.29, 1.82) is 0 Å². The van der Waals surface area contributed by atoms with Crippen LogP contribution in [-0.4, -0.2) is 89.4 Å². The lowest BCUT2D eigenvalue weighted by Gasteiger charge is -2.26. The van der Waals surface area contributed by atoms with E-state index in [1.165, 1.54) is 6.07 Å². The quantitative estimate of drug-likeness (QED) is 0.162. The zero-order valence-corrected chi connectivity index (χ0v) is 24.9. The molecule has 1 saturated heterocycles. The van der Waals surface area contributed by atoms with Crippen LogP contribution in [0.5, 0.6) is 0 Å². The Balaban J connectivity index is 0.000000456. The number of esters is 1. The molecule has 4 rings (SSSR count). The SMILES string of the molecule is O=C(NC(Cc1cc(=O)[nH]c2ccccc12)C(=O)OCCN1CCOCC1)c1ccc(Cl)cc1.O=C(O)CCCCC(=O)O. The van der Waals surface area contributed by atoms with Crippen LogP contribution >= 0.6 is 11.6 Å². The molecule has 44 heavy (non-hydrogen) atoms. The lowest BCUT2D eigenvalue weighted by molar-refractivity contribution is -0.146. The number of para-hydroxylation sites is 1. The fourth-order valence-corrected chi connectivity index (χ4v) is 4.58. The van der Waals surface area contributed by atoms with E-state index in [1.807, 2.05) is 18.2 Å². The second-order valence-electron chi connectivity index (χ2n) is 10.1. The molecule has 1 unspecified atom stereocenters. The number of H-pyrrole nitrogens is 1. The maximum atomic E-state index is 13.0. The topological polar surface area (TPSA) is 175 Å². The standard InChI is InChI=1S/C25H26ClN3O5.C6H10O4/c26-19-7-5-17(6-8-19)24(31)28-22(25(32)34-14-11-29-9-12-33-13-10-29)15-18-16-23(30)27-21-4-2-1-3-20(18)21;7-5(8)3-1-2-4-6(9)10/h1-8,16,22H,9-15H2,(H,27,30)(H,28,31);1-4H2,(H,7,8)(H,9,10). The number of aliphatic carboxylic acids is 2. The molecule has 1 amide bonds. The first-order valence-corrected chi connectivity index (χ1v) is 14.6. The van der Waals surface area contributed by atoms with E-state index in [1.54, 1.807) is 30.3 Å². The van der Waals surface area contributed by atoms with Gasteiger partial charge in [-0.15, -0.1) is 0 Å². The van der Waals surface area contributed by atoms with Gasteiger partial charge >= 0.3 is 17.9 Å². The van der Waals surface area contributed by atoms with Crippen LogP contribution in [0.25, 0.3) is 10.9 Å². The number of nitrogens with one attached hydrogen (secondary N) is 2. The molecule has 236 valence electrons. The molecule has 0 aliphatic carbocycles. The molecule has 0 spiro atoms. The molecule has 3 aromatic rings. The molecule has 1 aliphatic heterocycles. The van der Waals surface area contributed by atoms with E-state index in [9.17, 15) is 24.0 Å². The largest absolute Gasteiger partial charge is 0.481 e. The fraction of sp³-hybridized carbons (Fsp3) is 0.387. The van der Waals surface area contributed by atoms with Crippen LogP contribution < -0.4 is 10.9 Å². The van der Waals surface area contributed by atoms with Gasteiger partial charge in [-0.1, -0.05) is 29.8 Å². The third kappa shape index (κ3) is 11.8. The molecule has 2 heterocycles. The lowest BCUT2D eigenvalue weighted by Crippen LogP contribution is -2.44. The van der Waals surface area contributed by atoms with Gasteiger partial charge in [-0.05, 0) is 48.7 Å². The highest BCUT2D eigenvalue weighted by atomic mass is 35.5. The minimum absolute atomic E-state index is 0.0628. The van der Waals surface area contributed by atoms with E-state index < -0.39 is 29.9 Å². The first-order valence-electron chi connectivity index (χ1n) is 14.2. The summed E-state index contributed by atoms with van der Waals surface area (Å²) in [6, 6.07) is 14.2. The van der Waals surface area contributed by atoms with Crippen molar-refractivity contribution in [3.8, 4) is 0 Å². The number of aromatic nitrogens is 1. The van der Waals surface area contributed by atoms with Crippen molar-refractivity contribution in [3.63, 3.8) is 0 Å². The first-order chi connectivity index (χ1) is 21.1. The fourth-order valence-electron chi connectivity index (χ4n) is 4.46. The Morgan fingerprint density at radius 2 is 1.61 bits per heavy atom. The van der Waals surface area contributed by atoms with E-state index in [0.29, 0.717) is 54.3 Å². The van der Waals surface area contributed by atoms with Crippen molar-refractivity contribution >= 4 is 46.3 Å². The van der Waals surface area contributed by atoms with Crippen LogP contribution in [0, 0.1) is 0 Å². The third-order valence-corrected chi connectivity index (χ3v) is 7.00. The zero-order valence-electron chi connectivity index (χ0n) is 24.1. The molecular formula is C31H36ClN3O9. The van der Waals surface area contributed by atoms with E-state index in [2.05, 4.69) is 15.2 Å². The highest BCUT2D eigenvalue weighted by Gasteiger charge is 2.25. The van der Waals surface area contributed by atoms with E-state index >= 15 is 0 Å². The number of carbonyl (C=O) groups is 4. The number of unbranched alkanes of at least 4 members (excludes halogenated alkanes) is 1. The normalized spacial score (nSPS) is 13.8. The van der Waals surface area contributed by atoms with Crippen molar-refractivity contribution in [2.45, 2.75) is 38.1 Å². The summed E-state index contributed by atoms with van der Waals surface area (Å²) < 4.78 is 10.9. The molecule has 4 N–H and O–H groups in total. The predicted octanol–water partition coefficient (Wildman–Crippen LogP) is 3.11. The Kier molecular flexibility index (Phi) is 13.8. The van der Waals surface area contributed by atoms with Crippen LogP contribution in [0.2, 0.25) is 5.02 Å². The van der Waals surface area contributed by atoms with Gasteiger partial charge < -0.3 is 30.0 Å². The maximum Gasteiger partial charge on any atom is 0.329 e. The van der Waals surface area contributed by atoms with Crippen molar-refractivity contribution in [2.75, 3.05) is 39.5 Å². The summed E-state index contributed by atoms with van der Waals surface area (Å²) in [5.74, 6) is -2.73. The minimum atomic E-state index is -0.974. The van der Waals surface area contributed by atoms with Gasteiger partial charge in [0.2, 0.25) is 5.56 Å². The van der Waals surface area contributed by atoms with Gasteiger partial charge in [0.15, 0.2) is 0 Å². The van der Waals surface area contributed by atoms with Gasteiger partial charge in [0, 0.05) is 66.5 Å². The molecular weight excluding hydrogens is 594 g/mol. The third-order valence-electron chi connectivity index (χ3n) is 6.74. The van der Waals surface area contributed by atoms with E-state index in [-0.39, 0.29) is 31.4 Å². The molecule has 0 saturated carbocycles. The molecule has 12 nitrogen and oxygen atoms in total. The number of carboxylic acids is 2. The average Bonchev–Trinajstić information content (AvgIpc) is 3.00. The second kappa shape index (κ2) is 17.8. The smallest absolute Gasteiger partial charge is 0.329 e. The molecule has 13 heteroatoms. The Bertz CT molecular complexity index is 1450. The summed E-state index contributed by atoms with van der Waals surface area (Å²) in [7, 11) is 0.